The van der Waals surface area contributed by atoms with Gasteiger partial charge < -0.3 is 15.3 Å². The van der Waals surface area contributed by atoms with E-state index in [0.29, 0.717) is 24.0 Å². The number of nitrogens with one attached hydrogen (secondary N) is 1. The van der Waals surface area contributed by atoms with Gasteiger partial charge >= 0.3 is 6.03 Å². The Morgan fingerprint density at radius 2 is 2.12 bits per heavy atom. The first-order valence-electron chi connectivity index (χ1n) is 9.40. The Bertz CT molecular complexity index is 776. The fraction of sp³-hybridized carbons (Fsp3) is 0.611. The number of carbonyl (C=O) groups is 1. The van der Waals surface area contributed by atoms with Gasteiger partial charge in [-0.25, -0.2) is 4.79 Å². The highest BCUT2D eigenvalue weighted by Crippen LogP contribution is 2.23. The van der Waals surface area contributed by atoms with Crippen LogP contribution in [0.2, 0.25) is 0 Å². The number of urea groups is 1. The van der Waals surface area contributed by atoms with Gasteiger partial charge in [0.25, 0.3) is 0 Å². The van der Waals surface area contributed by atoms with Crippen molar-refractivity contribution in [2.45, 2.75) is 57.3 Å². The Hall–Kier alpha value is -2.35. The van der Waals surface area contributed by atoms with Gasteiger partial charge in [0.2, 0.25) is 0 Å². The molecule has 3 heterocycles. The van der Waals surface area contributed by atoms with Gasteiger partial charge in [0.1, 0.15) is 6.10 Å². The Kier molecular flexibility index (Phi) is 4.67. The maximum atomic E-state index is 12.6. The number of hydrogen-bond acceptors (Lipinski definition) is 4. The van der Waals surface area contributed by atoms with E-state index in [2.05, 4.69) is 15.5 Å². The van der Waals surface area contributed by atoms with Crippen LogP contribution in [0.1, 0.15) is 55.3 Å². The second-order valence-corrected chi connectivity index (χ2v) is 7.27. The molecule has 4 rings (SSSR count). The van der Waals surface area contributed by atoms with Crippen LogP contribution in [-0.2, 0) is 20.1 Å². The van der Waals surface area contributed by atoms with Gasteiger partial charge in [-0.15, -0.1) is 0 Å². The summed E-state index contributed by atoms with van der Waals surface area (Å²) in [5, 5.41) is 22.5. The highest BCUT2D eigenvalue weighted by atomic mass is 16.3. The molecule has 0 spiro atoms. The Morgan fingerprint density at radius 3 is 2.85 bits per heavy atom. The molecule has 2 aliphatic rings. The van der Waals surface area contributed by atoms with Crippen LogP contribution in [0.25, 0.3) is 0 Å². The normalized spacial score (nSPS) is 19.2. The van der Waals surface area contributed by atoms with Crippen molar-refractivity contribution in [3.05, 3.63) is 35.4 Å². The predicted molar refractivity (Wildman–Crippen MR) is 95.3 cm³/mol. The zero-order valence-corrected chi connectivity index (χ0v) is 15.1. The molecule has 140 valence electrons. The molecule has 1 atom stereocenters. The zero-order chi connectivity index (χ0) is 18.1. The van der Waals surface area contributed by atoms with Gasteiger partial charge in [0.05, 0.1) is 23.6 Å². The van der Waals surface area contributed by atoms with Crippen LogP contribution in [-0.4, -0.2) is 48.2 Å². The van der Waals surface area contributed by atoms with E-state index in [1.807, 2.05) is 15.6 Å². The van der Waals surface area contributed by atoms with Gasteiger partial charge in [-0.2, -0.15) is 10.2 Å². The highest BCUT2D eigenvalue weighted by molar-refractivity contribution is 5.74. The second-order valence-electron chi connectivity index (χ2n) is 7.27. The average molecular weight is 358 g/mol. The van der Waals surface area contributed by atoms with Crippen molar-refractivity contribution in [1.82, 2.24) is 29.8 Å². The number of aliphatic hydroxyl groups excluding tert-OH is 1. The first-order chi connectivity index (χ1) is 12.6. The summed E-state index contributed by atoms with van der Waals surface area (Å²) in [5.74, 6) is 0. The van der Waals surface area contributed by atoms with Crippen LogP contribution < -0.4 is 5.32 Å². The van der Waals surface area contributed by atoms with Crippen molar-refractivity contribution in [3.8, 4) is 0 Å². The van der Waals surface area contributed by atoms with Gasteiger partial charge in [0.15, 0.2) is 0 Å². The molecule has 1 aliphatic heterocycles. The molecule has 0 aromatic carbocycles. The lowest BCUT2D eigenvalue weighted by molar-refractivity contribution is 0.191. The van der Waals surface area contributed by atoms with Crippen molar-refractivity contribution in [1.29, 1.82) is 0 Å². The average Bonchev–Trinajstić information content (AvgIpc) is 3.34. The molecule has 2 aromatic heterocycles. The van der Waals surface area contributed by atoms with Gasteiger partial charge in [-0.05, 0) is 31.4 Å². The van der Waals surface area contributed by atoms with E-state index >= 15 is 0 Å². The molecule has 8 nitrogen and oxygen atoms in total. The molecular formula is C18H26N6O2. The fourth-order valence-electron chi connectivity index (χ4n) is 3.93. The maximum absolute atomic E-state index is 12.6. The molecule has 2 amide bonds. The van der Waals surface area contributed by atoms with Gasteiger partial charge in [0, 0.05) is 32.4 Å². The third-order valence-corrected chi connectivity index (χ3v) is 5.42. The topological polar surface area (TPSA) is 88.2 Å². The first kappa shape index (κ1) is 17.1. The lowest BCUT2D eigenvalue weighted by Gasteiger charge is -2.23. The smallest absolute Gasteiger partial charge is 0.317 e. The quantitative estimate of drug-likeness (QED) is 0.871. The number of fused-ring (bicyclic) bond motifs is 1. The number of carbonyl (C=O) groups excluding carboxylic acids is 1. The van der Waals surface area contributed by atoms with Crippen LogP contribution in [0, 0.1) is 0 Å². The largest absolute Gasteiger partial charge is 0.380 e. The second kappa shape index (κ2) is 7.11. The van der Waals surface area contributed by atoms with Crippen molar-refractivity contribution in [3.63, 3.8) is 0 Å². The summed E-state index contributed by atoms with van der Waals surface area (Å²) in [6, 6.07) is 4.02. The number of aromatic nitrogens is 4. The van der Waals surface area contributed by atoms with Crippen molar-refractivity contribution in [2.75, 3.05) is 6.54 Å². The minimum absolute atomic E-state index is 0.0142. The Balaban J connectivity index is 1.48. The lowest BCUT2D eigenvalue weighted by atomic mass is 10.2. The lowest BCUT2D eigenvalue weighted by Crippen LogP contribution is -2.43. The number of rotatable bonds is 3. The van der Waals surface area contributed by atoms with E-state index in [1.54, 1.807) is 24.0 Å². The molecule has 2 N–H and O–H groups in total. The summed E-state index contributed by atoms with van der Waals surface area (Å²) in [7, 11) is 1.80. The first-order valence-corrected chi connectivity index (χ1v) is 9.40. The minimum Gasteiger partial charge on any atom is -0.380 e. The molecule has 1 aliphatic carbocycles. The predicted octanol–water partition coefficient (Wildman–Crippen LogP) is 1.56. The number of aliphatic hydroxyl groups is 1. The molecule has 8 heteroatoms. The third kappa shape index (κ3) is 3.33. The standard InChI is InChI=1S/C18H26N6O2/c1-22-16(7-8-19-22)17(25)15-11-14-12-23(9-4-10-24(14)21-15)18(26)20-13-5-2-3-6-13/h7-8,11,13,17,25H,2-6,9-10,12H2,1H3,(H,20,26)/t17-/m0/s1. The molecule has 2 aromatic rings. The molecule has 0 unspecified atom stereocenters. The van der Waals surface area contributed by atoms with Crippen molar-refractivity contribution in [2.24, 2.45) is 7.05 Å². The number of nitrogens with zero attached hydrogens (tertiary/aromatic N) is 5. The summed E-state index contributed by atoms with van der Waals surface area (Å²) in [5.41, 5.74) is 2.26. The van der Waals surface area contributed by atoms with Gasteiger partial charge in [-0.3, -0.25) is 9.36 Å². The van der Waals surface area contributed by atoms with E-state index in [9.17, 15) is 9.90 Å². The van der Waals surface area contributed by atoms with Crippen molar-refractivity contribution < 1.29 is 9.90 Å². The number of amides is 2. The van der Waals surface area contributed by atoms with E-state index in [4.69, 9.17) is 0 Å². The maximum Gasteiger partial charge on any atom is 0.317 e. The van der Waals surface area contributed by atoms with Crippen LogP contribution in [0.3, 0.4) is 0 Å². The van der Waals surface area contributed by atoms with Crippen LogP contribution >= 0.6 is 0 Å². The molecule has 0 radical (unpaired) electrons. The third-order valence-electron chi connectivity index (χ3n) is 5.42. The van der Waals surface area contributed by atoms with Crippen LogP contribution in [0.15, 0.2) is 18.3 Å². The highest BCUT2D eigenvalue weighted by Gasteiger charge is 2.26. The van der Waals surface area contributed by atoms with Crippen molar-refractivity contribution >= 4 is 6.03 Å². The van der Waals surface area contributed by atoms with Crippen LogP contribution in [0.5, 0.6) is 0 Å². The van der Waals surface area contributed by atoms with E-state index < -0.39 is 6.10 Å². The van der Waals surface area contributed by atoms with E-state index in [1.165, 1.54) is 12.8 Å². The Labute approximate surface area is 152 Å². The van der Waals surface area contributed by atoms with Gasteiger partial charge in [-0.1, -0.05) is 12.8 Å². The molecule has 0 saturated heterocycles. The molecular weight excluding hydrogens is 332 g/mol. The fourth-order valence-corrected chi connectivity index (χ4v) is 3.93. The monoisotopic (exact) mass is 358 g/mol. The Morgan fingerprint density at radius 1 is 1.31 bits per heavy atom. The molecule has 1 saturated carbocycles. The molecule has 1 fully saturated rings. The minimum atomic E-state index is -0.817. The van der Waals surface area contributed by atoms with Crippen LogP contribution in [0.4, 0.5) is 4.79 Å². The molecule has 26 heavy (non-hydrogen) atoms. The summed E-state index contributed by atoms with van der Waals surface area (Å²) in [6.07, 6.45) is 6.27. The summed E-state index contributed by atoms with van der Waals surface area (Å²) >= 11 is 0. The SMILES string of the molecule is Cn1nccc1[C@@H](O)c1cc2n(n1)CCCN(C(=O)NC1CCCC1)C2. The molecule has 0 bridgehead atoms. The number of aryl methyl sites for hydroxylation is 2. The van der Waals surface area contributed by atoms with E-state index in [-0.39, 0.29) is 6.03 Å². The number of hydrogen-bond donors (Lipinski definition) is 2. The summed E-state index contributed by atoms with van der Waals surface area (Å²) in [4.78, 5) is 14.5. The summed E-state index contributed by atoms with van der Waals surface area (Å²) in [6.45, 7) is 1.99. The summed E-state index contributed by atoms with van der Waals surface area (Å²) < 4.78 is 3.56. The van der Waals surface area contributed by atoms with E-state index in [0.717, 1.165) is 38.0 Å². The zero-order valence-electron chi connectivity index (χ0n) is 15.1.